The Morgan fingerprint density at radius 1 is 1.19 bits per heavy atom. The highest BCUT2D eigenvalue weighted by atomic mass is 32.1. The second-order valence-corrected chi connectivity index (χ2v) is 5.24. The highest BCUT2D eigenvalue weighted by Gasteiger charge is 2.32. The molecular formula is C12H13F3N2O3S. The quantitative estimate of drug-likeness (QED) is 0.839. The monoisotopic (exact) mass is 322 g/mol. The molecule has 0 saturated carbocycles. The minimum absolute atomic E-state index is 0.139. The molecule has 1 fully saturated rings. The van der Waals surface area contributed by atoms with Crippen LogP contribution in [0.15, 0.2) is 16.8 Å². The maximum Gasteiger partial charge on any atom is 0.422 e. The normalized spacial score (nSPS) is 16.0. The molecule has 1 aromatic heterocycles. The minimum atomic E-state index is -4.54. The Morgan fingerprint density at radius 3 is 2.33 bits per heavy atom. The lowest BCUT2D eigenvalue weighted by atomic mass is 10.2. The summed E-state index contributed by atoms with van der Waals surface area (Å²) < 4.78 is 40.1. The maximum atomic E-state index is 12.0. The largest absolute Gasteiger partial charge is 0.440 e. The molecule has 0 unspecified atom stereocenters. The third-order valence-corrected chi connectivity index (χ3v) is 3.64. The van der Waals surface area contributed by atoms with Gasteiger partial charge in [-0.2, -0.15) is 24.5 Å². The molecule has 0 bridgehead atoms. The molecule has 9 heteroatoms. The molecule has 1 aromatic rings. The zero-order valence-corrected chi connectivity index (χ0v) is 11.7. The van der Waals surface area contributed by atoms with E-state index in [1.54, 1.807) is 21.7 Å². The molecular weight excluding hydrogens is 309 g/mol. The van der Waals surface area contributed by atoms with Gasteiger partial charge in [0.05, 0.1) is 5.56 Å². The fourth-order valence-corrected chi connectivity index (χ4v) is 2.53. The molecule has 21 heavy (non-hydrogen) atoms. The Balaban J connectivity index is 1.80. The topological polar surface area (TPSA) is 49.9 Å². The average molecular weight is 322 g/mol. The van der Waals surface area contributed by atoms with Crippen LogP contribution in [-0.4, -0.2) is 60.8 Å². The summed E-state index contributed by atoms with van der Waals surface area (Å²) in [5.41, 5.74) is 0.577. The number of hydrogen-bond donors (Lipinski definition) is 0. The van der Waals surface area contributed by atoms with E-state index >= 15 is 0 Å². The second kappa shape index (κ2) is 6.33. The molecule has 0 aromatic carbocycles. The van der Waals surface area contributed by atoms with Crippen LogP contribution in [-0.2, 0) is 4.74 Å². The van der Waals surface area contributed by atoms with Gasteiger partial charge in [-0.1, -0.05) is 0 Å². The Kier molecular flexibility index (Phi) is 4.71. The number of piperazine rings is 1. The van der Waals surface area contributed by atoms with Gasteiger partial charge in [0, 0.05) is 31.6 Å². The first-order valence-electron chi connectivity index (χ1n) is 6.17. The van der Waals surface area contributed by atoms with E-state index in [4.69, 9.17) is 0 Å². The van der Waals surface area contributed by atoms with Crippen LogP contribution in [0.1, 0.15) is 10.4 Å². The predicted molar refractivity (Wildman–Crippen MR) is 69.2 cm³/mol. The Labute approximate surface area is 122 Å². The van der Waals surface area contributed by atoms with Crippen molar-refractivity contribution < 1.29 is 27.5 Å². The van der Waals surface area contributed by atoms with Crippen LogP contribution in [0.2, 0.25) is 0 Å². The first-order valence-corrected chi connectivity index (χ1v) is 7.11. The molecule has 0 N–H and O–H groups in total. The lowest BCUT2D eigenvalue weighted by Crippen LogP contribution is -2.51. The van der Waals surface area contributed by atoms with E-state index in [0.717, 1.165) is 0 Å². The molecule has 2 heterocycles. The molecule has 0 spiro atoms. The van der Waals surface area contributed by atoms with Crippen molar-refractivity contribution in [3.8, 4) is 0 Å². The molecule has 2 rings (SSSR count). The van der Waals surface area contributed by atoms with Crippen molar-refractivity contribution in [3.05, 3.63) is 22.4 Å². The molecule has 0 atom stereocenters. The molecule has 116 valence electrons. The number of hydrogen-bond acceptors (Lipinski definition) is 4. The van der Waals surface area contributed by atoms with E-state index in [9.17, 15) is 22.8 Å². The summed E-state index contributed by atoms with van der Waals surface area (Å²) in [5.74, 6) is -0.139. The van der Waals surface area contributed by atoms with Gasteiger partial charge in [0.1, 0.15) is 0 Å². The fourth-order valence-electron chi connectivity index (χ4n) is 1.90. The van der Waals surface area contributed by atoms with Gasteiger partial charge in [0.2, 0.25) is 0 Å². The van der Waals surface area contributed by atoms with Gasteiger partial charge < -0.3 is 14.5 Å². The number of amides is 2. The molecule has 1 aliphatic heterocycles. The Hall–Kier alpha value is -1.77. The number of rotatable bonds is 2. The molecule has 0 aliphatic carbocycles. The Bertz CT molecular complexity index is 496. The smallest absolute Gasteiger partial charge is 0.422 e. The van der Waals surface area contributed by atoms with Gasteiger partial charge >= 0.3 is 12.3 Å². The van der Waals surface area contributed by atoms with Crippen molar-refractivity contribution in [1.82, 2.24) is 9.80 Å². The molecule has 2 amide bonds. The molecule has 5 nitrogen and oxygen atoms in total. The van der Waals surface area contributed by atoms with Crippen LogP contribution in [0.5, 0.6) is 0 Å². The summed E-state index contributed by atoms with van der Waals surface area (Å²) in [4.78, 5) is 26.2. The van der Waals surface area contributed by atoms with Crippen molar-refractivity contribution in [2.75, 3.05) is 32.8 Å². The summed E-state index contributed by atoms with van der Waals surface area (Å²) in [5, 5.41) is 3.52. The minimum Gasteiger partial charge on any atom is -0.440 e. The van der Waals surface area contributed by atoms with E-state index < -0.39 is 18.9 Å². The molecule has 1 aliphatic rings. The van der Waals surface area contributed by atoms with Crippen LogP contribution in [0.25, 0.3) is 0 Å². The second-order valence-electron chi connectivity index (χ2n) is 4.46. The first-order chi connectivity index (χ1) is 9.87. The van der Waals surface area contributed by atoms with Gasteiger partial charge in [-0.05, 0) is 11.4 Å². The zero-order chi connectivity index (χ0) is 15.5. The number of carbonyl (C=O) groups excluding carboxylic acids is 2. The first kappa shape index (κ1) is 15.6. The third kappa shape index (κ3) is 4.35. The summed E-state index contributed by atoms with van der Waals surface area (Å²) in [6.07, 6.45) is -5.54. The number of carbonyl (C=O) groups is 2. The average Bonchev–Trinajstić information content (AvgIpc) is 2.97. The highest BCUT2D eigenvalue weighted by Crippen LogP contribution is 2.16. The lowest BCUT2D eigenvalue weighted by Gasteiger charge is -2.34. The fraction of sp³-hybridized carbons (Fsp3) is 0.500. The van der Waals surface area contributed by atoms with Crippen molar-refractivity contribution in [2.24, 2.45) is 0 Å². The molecule has 0 radical (unpaired) electrons. The lowest BCUT2D eigenvalue weighted by molar-refractivity contribution is -0.162. The number of ether oxygens (including phenoxy) is 1. The van der Waals surface area contributed by atoms with E-state index in [-0.39, 0.29) is 32.1 Å². The van der Waals surface area contributed by atoms with Crippen molar-refractivity contribution >= 4 is 23.3 Å². The maximum absolute atomic E-state index is 12.0. The van der Waals surface area contributed by atoms with Crippen molar-refractivity contribution in [3.63, 3.8) is 0 Å². The van der Waals surface area contributed by atoms with Gasteiger partial charge in [0.15, 0.2) is 6.61 Å². The van der Waals surface area contributed by atoms with Crippen LogP contribution >= 0.6 is 11.3 Å². The third-order valence-electron chi connectivity index (χ3n) is 2.95. The van der Waals surface area contributed by atoms with E-state index in [0.29, 0.717) is 5.56 Å². The van der Waals surface area contributed by atoms with E-state index in [2.05, 4.69) is 4.74 Å². The number of alkyl halides is 3. The van der Waals surface area contributed by atoms with E-state index in [1.807, 2.05) is 0 Å². The zero-order valence-electron chi connectivity index (χ0n) is 10.9. The van der Waals surface area contributed by atoms with Crippen molar-refractivity contribution in [2.45, 2.75) is 6.18 Å². The summed E-state index contributed by atoms with van der Waals surface area (Å²) in [6, 6.07) is 1.71. The summed E-state index contributed by atoms with van der Waals surface area (Å²) in [7, 11) is 0. The Morgan fingerprint density at radius 2 is 1.81 bits per heavy atom. The number of nitrogens with zero attached hydrogens (tertiary/aromatic N) is 2. The van der Waals surface area contributed by atoms with Gasteiger partial charge in [0.25, 0.3) is 5.91 Å². The van der Waals surface area contributed by atoms with Crippen LogP contribution in [0.4, 0.5) is 18.0 Å². The number of halogens is 3. The van der Waals surface area contributed by atoms with Gasteiger partial charge in [-0.25, -0.2) is 4.79 Å². The highest BCUT2D eigenvalue weighted by molar-refractivity contribution is 7.08. The SMILES string of the molecule is O=C(OCC(F)(F)F)N1CCN(C(=O)c2ccsc2)CC1. The van der Waals surface area contributed by atoms with Crippen molar-refractivity contribution in [1.29, 1.82) is 0 Å². The van der Waals surface area contributed by atoms with Crippen LogP contribution in [0.3, 0.4) is 0 Å². The summed E-state index contributed by atoms with van der Waals surface area (Å²) in [6.45, 7) is -0.732. The standard InChI is InChI=1S/C12H13F3N2O3S/c13-12(14,15)8-20-11(19)17-4-2-16(3-5-17)10(18)9-1-6-21-7-9/h1,6-7H,2-5,8H2. The predicted octanol–water partition coefficient (Wildman–Crippen LogP) is 2.20. The van der Waals surface area contributed by atoms with Gasteiger partial charge in [-0.15, -0.1) is 0 Å². The summed E-state index contributed by atoms with van der Waals surface area (Å²) >= 11 is 1.41. The van der Waals surface area contributed by atoms with Gasteiger partial charge in [-0.3, -0.25) is 4.79 Å². The van der Waals surface area contributed by atoms with Crippen LogP contribution < -0.4 is 0 Å². The van der Waals surface area contributed by atoms with Crippen LogP contribution in [0, 0.1) is 0 Å². The molecule has 1 saturated heterocycles. The number of thiophene rings is 1. The van der Waals surface area contributed by atoms with E-state index in [1.165, 1.54) is 16.2 Å².